The van der Waals surface area contributed by atoms with E-state index in [4.69, 9.17) is 0 Å². The van der Waals surface area contributed by atoms with Crippen LogP contribution in [0.25, 0.3) is 32.9 Å². The van der Waals surface area contributed by atoms with Gasteiger partial charge in [0.2, 0.25) is 0 Å². The maximum atomic E-state index is 4.24. The van der Waals surface area contributed by atoms with E-state index in [9.17, 15) is 0 Å². The second kappa shape index (κ2) is 10.2. The van der Waals surface area contributed by atoms with E-state index in [1.807, 2.05) is 12.2 Å². The van der Waals surface area contributed by atoms with Crippen molar-refractivity contribution in [2.75, 3.05) is 7.05 Å². The standard InChI is InChI=1S/C26H23N.C15H15N/c1-4-20-24(5-2)27(3)25-17-11-10-16-23(25)26(20)21-14-8-6-12-18(21)19-13-7-9-15-22(19)26;1-10-4-6-14-12(8-10)13-9-11(2)5-7-15(13)16(14)3/h4-9,12-17H,1-2,10-11H2,3H3;4-9H,1-3H3. The highest BCUT2D eigenvalue weighted by molar-refractivity contribution is 6.08. The molecule has 3 aliphatic rings. The van der Waals surface area contributed by atoms with Gasteiger partial charge in [0.15, 0.2) is 0 Å². The van der Waals surface area contributed by atoms with Gasteiger partial charge in [-0.15, -0.1) is 0 Å². The molecule has 1 spiro atoms. The van der Waals surface area contributed by atoms with Gasteiger partial charge in [-0.3, -0.25) is 0 Å². The molecule has 212 valence electrons. The first-order chi connectivity index (χ1) is 20.9. The van der Waals surface area contributed by atoms with Crippen LogP contribution in [0.1, 0.15) is 35.1 Å². The summed E-state index contributed by atoms with van der Waals surface area (Å²) < 4.78 is 2.27. The zero-order chi connectivity index (χ0) is 29.9. The highest BCUT2D eigenvalue weighted by Gasteiger charge is 2.52. The van der Waals surface area contributed by atoms with Crippen LogP contribution in [0.3, 0.4) is 0 Å². The summed E-state index contributed by atoms with van der Waals surface area (Å²) in [6.07, 6.45) is 11.0. The van der Waals surface area contributed by atoms with Crippen molar-refractivity contribution in [3.8, 4) is 11.1 Å². The van der Waals surface area contributed by atoms with Gasteiger partial charge in [-0.2, -0.15) is 0 Å². The Balaban J connectivity index is 0.000000160. The number of allylic oxidation sites excluding steroid dienone is 6. The molecule has 1 aromatic heterocycles. The number of benzene rings is 4. The van der Waals surface area contributed by atoms with E-state index in [0.29, 0.717) is 0 Å². The third-order valence-corrected chi connectivity index (χ3v) is 9.60. The summed E-state index contributed by atoms with van der Waals surface area (Å²) in [5.41, 5.74) is 15.4. The van der Waals surface area contributed by atoms with Crippen LogP contribution < -0.4 is 0 Å². The van der Waals surface area contributed by atoms with Crippen LogP contribution in [0, 0.1) is 13.8 Å². The molecule has 0 atom stereocenters. The lowest BCUT2D eigenvalue weighted by atomic mass is 9.62. The third-order valence-electron chi connectivity index (χ3n) is 9.60. The topological polar surface area (TPSA) is 8.17 Å². The minimum absolute atomic E-state index is 0.308. The number of rotatable bonds is 2. The summed E-state index contributed by atoms with van der Waals surface area (Å²) in [4.78, 5) is 2.28. The minimum atomic E-state index is -0.308. The number of aryl methyl sites for hydroxylation is 3. The Morgan fingerprint density at radius 2 is 1.21 bits per heavy atom. The SMILES string of the molecule is C=CC1=C(C=C)C2(C3=CCCC=C3N1C)c1ccccc1-c1ccccc12.Cc1ccc2c(c1)c1cc(C)ccc1n2C. The Morgan fingerprint density at radius 3 is 1.74 bits per heavy atom. The van der Waals surface area contributed by atoms with Gasteiger partial charge in [-0.05, 0) is 90.4 Å². The molecule has 1 aliphatic heterocycles. The summed E-state index contributed by atoms with van der Waals surface area (Å²) in [5.74, 6) is 0. The van der Waals surface area contributed by atoms with Crippen LogP contribution in [-0.2, 0) is 12.5 Å². The molecule has 4 aromatic carbocycles. The van der Waals surface area contributed by atoms with E-state index < -0.39 is 0 Å². The molecule has 0 amide bonds. The highest BCUT2D eigenvalue weighted by Crippen LogP contribution is 2.61. The summed E-state index contributed by atoms with van der Waals surface area (Å²) in [6.45, 7) is 12.7. The Morgan fingerprint density at radius 1 is 0.674 bits per heavy atom. The summed E-state index contributed by atoms with van der Waals surface area (Å²) in [6, 6.07) is 31.0. The van der Waals surface area contributed by atoms with Crippen LogP contribution >= 0.6 is 0 Å². The molecule has 2 nitrogen and oxygen atoms in total. The van der Waals surface area contributed by atoms with Gasteiger partial charge in [0.05, 0.1) is 5.41 Å². The lowest BCUT2D eigenvalue weighted by Gasteiger charge is -2.47. The zero-order valence-corrected chi connectivity index (χ0v) is 25.6. The van der Waals surface area contributed by atoms with Gasteiger partial charge in [0, 0.05) is 47.3 Å². The van der Waals surface area contributed by atoms with Crippen molar-refractivity contribution >= 4 is 21.8 Å². The zero-order valence-electron chi connectivity index (χ0n) is 25.6. The van der Waals surface area contributed by atoms with Gasteiger partial charge >= 0.3 is 0 Å². The molecule has 2 heterocycles. The highest BCUT2D eigenvalue weighted by atomic mass is 15.1. The average molecular weight is 559 g/mol. The summed E-state index contributed by atoms with van der Waals surface area (Å²) in [7, 11) is 4.28. The Hall–Kier alpha value is -4.82. The van der Waals surface area contributed by atoms with Crippen molar-refractivity contribution < 1.29 is 0 Å². The number of hydrogen-bond donors (Lipinski definition) is 0. The molecule has 5 aromatic rings. The number of fused-ring (bicyclic) bond motifs is 10. The second-order valence-electron chi connectivity index (χ2n) is 12.0. The Labute approximate surface area is 255 Å². The summed E-state index contributed by atoms with van der Waals surface area (Å²) in [5, 5.41) is 2.72. The van der Waals surface area contributed by atoms with Crippen molar-refractivity contribution in [3.05, 3.63) is 167 Å². The van der Waals surface area contributed by atoms with Gasteiger partial charge < -0.3 is 9.47 Å². The number of hydrogen-bond acceptors (Lipinski definition) is 1. The molecule has 43 heavy (non-hydrogen) atoms. The quantitative estimate of drug-likeness (QED) is 0.209. The molecule has 0 saturated carbocycles. The maximum Gasteiger partial charge on any atom is 0.0750 e. The van der Waals surface area contributed by atoms with Crippen LogP contribution in [-0.4, -0.2) is 16.5 Å². The van der Waals surface area contributed by atoms with Crippen LogP contribution in [0.5, 0.6) is 0 Å². The van der Waals surface area contributed by atoms with Crippen molar-refractivity contribution in [1.82, 2.24) is 9.47 Å². The predicted molar refractivity (Wildman–Crippen MR) is 183 cm³/mol. The molecule has 0 bridgehead atoms. The molecule has 2 heteroatoms. The van der Waals surface area contributed by atoms with E-state index in [-0.39, 0.29) is 5.41 Å². The molecular weight excluding hydrogens is 520 g/mol. The first-order valence-electron chi connectivity index (χ1n) is 15.2. The van der Waals surface area contributed by atoms with Crippen molar-refractivity contribution in [3.63, 3.8) is 0 Å². The predicted octanol–water partition coefficient (Wildman–Crippen LogP) is 10.1. The Kier molecular flexibility index (Phi) is 6.39. The monoisotopic (exact) mass is 558 g/mol. The lowest BCUT2D eigenvalue weighted by molar-refractivity contribution is 0.474. The molecule has 2 aliphatic carbocycles. The Bertz CT molecular complexity index is 1950. The number of nitrogens with zero attached hydrogens (tertiary/aromatic N) is 2. The fourth-order valence-electron chi connectivity index (χ4n) is 7.74. The smallest absolute Gasteiger partial charge is 0.0750 e. The van der Waals surface area contributed by atoms with E-state index in [1.165, 1.54) is 72.0 Å². The van der Waals surface area contributed by atoms with Gasteiger partial charge in [0.25, 0.3) is 0 Å². The fourth-order valence-corrected chi connectivity index (χ4v) is 7.74. The number of aromatic nitrogens is 1. The summed E-state index contributed by atoms with van der Waals surface area (Å²) >= 11 is 0. The van der Waals surface area contributed by atoms with Crippen molar-refractivity contribution in [2.24, 2.45) is 7.05 Å². The average Bonchev–Trinajstić information content (AvgIpc) is 3.48. The van der Waals surface area contributed by atoms with Crippen LogP contribution in [0.15, 0.2) is 145 Å². The minimum Gasteiger partial charge on any atom is -0.344 e. The first-order valence-corrected chi connectivity index (χ1v) is 15.2. The molecular formula is C41H38N2. The van der Waals surface area contributed by atoms with E-state index in [1.54, 1.807) is 0 Å². The molecule has 0 N–H and O–H groups in total. The third kappa shape index (κ3) is 3.79. The van der Waals surface area contributed by atoms with Crippen LogP contribution in [0.2, 0.25) is 0 Å². The molecule has 0 fully saturated rings. The number of likely N-dealkylation sites (N-methyl/N-ethyl adjacent to an activating group) is 1. The molecule has 0 saturated heterocycles. The van der Waals surface area contributed by atoms with Gasteiger partial charge in [-0.25, -0.2) is 0 Å². The fraction of sp³-hybridized carbons (Fsp3) is 0.171. The molecule has 8 rings (SSSR count). The van der Waals surface area contributed by atoms with E-state index >= 15 is 0 Å². The van der Waals surface area contributed by atoms with Crippen molar-refractivity contribution in [1.29, 1.82) is 0 Å². The van der Waals surface area contributed by atoms with Crippen molar-refractivity contribution in [2.45, 2.75) is 32.1 Å². The molecule has 0 unspecified atom stereocenters. The first kappa shape index (κ1) is 27.0. The van der Waals surface area contributed by atoms with Gasteiger partial charge in [-0.1, -0.05) is 103 Å². The maximum absolute atomic E-state index is 4.24. The molecule has 0 radical (unpaired) electrons. The normalized spacial score (nSPS) is 16.2. The van der Waals surface area contributed by atoms with E-state index in [2.05, 4.69) is 148 Å². The van der Waals surface area contributed by atoms with Gasteiger partial charge in [0.1, 0.15) is 0 Å². The largest absolute Gasteiger partial charge is 0.344 e. The lowest BCUT2D eigenvalue weighted by Crippen LogP contribution is -2.41. The van der Waals surface area contributed by atoms with Crippen LogP contribution in [0.4, 0.5) is 0 Å². The second-order valence-corrected chi connectivity index (χ2v) is 12.0. The van der Waals surface area contributed by atoms with E-state index in [0.717, 1.165) is 18.5 Å².